The molecule has 0 radical (unpaired) electrons. The third kappa shape index (κ3) is 4.46. The lowest BCUT2D eigenvalue weighted by Crippen LogP contribution is -2.29. The highest BCUT2D eigenvalue weighted by molar-refractivity contribution is 6.51. The van der Waals surface area contributed by atoms with Gasteiger partial charge < -0.3 is 9.84 Å². The maximum absolute atomic E-state index is 14.1. The zero-order valence-electron chi connectivity index (χ0n) is 20.4. The monoisotopic (exact) mass is 492 g/mol. The minimum absolute atomic E-state index is 0.0222. The first-order valence-corrected chi connectivity index (χ1v) is 11.5. The predicted octanol–water partition coefficient (Wildman–Crippen LogP) is 5.68. The molecule has 0 spiro atoms. The van der Waals surface area contributed by atoms with E-state index in [0.717, 1.165) is 22.6 Å². The smallest absolute Gasteiger partial charge is 0.300 e. The molecule has 6 nitrogen and oxygen atoms in total. The summed E-state index contributed by atoms with van der Waals surface area (Å²) in [7, 11) is 0. The van der Waals surface area contributed by atoms with E-state index in [9.17, 15) is 23.5 Å². The number of pyridine rings is 1. The van der Waals surface area contributed by atoms with Crippen molar-refractivity contribution in [2.45, 2.75) is 39.2 Å². The summed E-state index contributed by atoms with van der Waals surface area (Å²) in [6, 6.07) is 10.1. The number of amides is 1. The molecule has 1 saturated heterocycles. The number of halogens is 2. The van der Waals surface area contributed by atoms with Gasteiger partial charge in [-0.15, -0.1) is 0 Å². The maximum atomic E-state index is 14.1. The molecule has 0 bridgehead atoms. The molecular weight excluding hydrogens is 466 g/mol. The van der Waals surface area contributed by atoms with Crippen molar-refractivity contribution in [3.63, 3.8) is 0 Å². The highest BCUT2D eigenvalue weighted by atomic mass is 19.2. The van der Waals surface area contributed by atoms with Crippen molar-refractivity contribution in [2.75, 3.05) is 11.5 Å². The Morgan fingerprint density at radius 1 is 1.08 bits per heavy atom. The van der Waals surface area contributed by atoms with Crippen LogP contribution in [-0.2, 0) is 15.0 Å². The van der Waals surface area contributed by atoms with Crippen LogP contribution in [0.4, 0.5) is 14.5 Å². The van der Waals surface area contributed by atoms with Crippen LogP contribution < -0.4 is 9.64 Å². The van der Waals surface area contributed by atoms with E-state index in [2.05, 4.69) is 4.98 Å². The molecule has 8 heteroatoms. The van der Waals surface area contributed by atoms with Gasteiger partial charge in [-0.2, -0.15) is 0 Å². The summed E-state index contributed by atoms with van der Waals surface area (Å²) in [6.45, 7) is 8.30. The second-order valence-corrected chi connectivity index (χ2v) is 9.45. The lowest BCUT2D eigenvalue weighted by atomic mass is 9.84. The van der Waals surface area contributed by atoms with E-state index in [1.165, 1.54) is 18.5 Å². The Bertz CT molecular complexity index is 1360. The Hall–Kier alpha value is -4.07. The zero-order valence-corrected chi connectivity index (χ0v) is 20.4. The summed E-state index contributed by atoms with van der Waals surface area (Å²) < 4.78 is 33.4. The van der Waals surface area contributed by atoms with Crippen molar-refractivity contribution < 1.29 is 28.2 Å². The molecule has 1 N–H and O–H groups in total. The van der Waals surface area contributed by atoms with Gasteiger partial charge in [0.05, 0.1) is 18.2 Å². The van der Waals surface area contributed by atoms with E-state index in [4.69, 9.17) is 4.74 Å². The average molecular weight is 493 g/mol. The SMILES string of the molecule is CCOc1ccc(/C(O)=C2/C(=O)C(=O)N(c3ccc(F)c(F)c3)C2c2cccnc2)cc1C(C)(C)C. The number of aliphatic hydroxyl groups is 1. The average Bonchev–Trinajstić information content (AvgIpc) is 3.11. The Labute approximate surface area is 207 Å². The minimum Gasteiger partial charge on any atom is -0.507 e. The van der Waals surface area contributed by atoms with Crippen LogP contribution in [-0.4, -0.2) is 28.4 Å². The number of aliphatic hydroxyl groups excluding tert-OH is 1. The zero-order chi connectivity index (χ0) is 26.2. The fraction of sp³-hybridized carbons (Fsp3) is 0.250. The van der Waals surface area contributed by atoms with E-state index >= 15 is 0 Å². The molecule has 186 valence electrons. The minimum atomic E-state index is -1.17. The van der Waals surface area contributed by atoms with Crippen molar-refractivity contribution in [1.29, 1.82) is 0 Å². The van der Waals surface area contributed by atoms with Gasteiger partial charge in [0.25, 0.3) is 11.7 Å². The lowest BCUT2D eigenvalue weighted by Gasteiger charge is -2.26. The van der Waals surface area contributed by atoms with E-state index < -0.39 is 29.4 Å². The van der Waals surface area contributed by atoms with E-state index in [0.29, 0.717) is 23.5 Å². The van der Waals surface area contributed by atoms with Crippen LogP contribution in [0.3, 0.4) is 0 Å². The molecule has 1 aliphatic rings. The van der Waals surface area contributed by atoms with Gasteiger partial charge in [-0.3, -0.25) is 19.5 Å². The van der Waals surface area contributed by atoms with Crippen molar-refractivity contribution >= 4 is 23.1 Å². The number of carbonyl (C=O) groups excluding carboxylic acids is 2. The molecule has 0 aliphatic carbocycles. The summed E-state index contributed by atoms with van der Waals surface area (Å²) in [5, 5.41) is 11.4. The number of Topliss-reactive ketones (excluding diaryl/α,β-unsaturated/α-hetero) is 1. The molecule has 0 saturated carbocycles. The largest absolute Gasteiger partial charge is 0.507 e. The van der Waals surface area contributed by atoms with Gasteiger partial charge in [0.1, 0.15) is 11.5 Å². The van der Waals surface area contributed by atoms with Gasteiger partial charge in [-0.25, -0.2) is 8.78 Å². The first-order chi connectivity index (χ1) is 17.0. The summed E-state index contributed by atoms with van der Waals surface area (Å²) >= 11 is 0. The summed E-state index contributed by atoms with van der Waals surface area (Å²) in [6.07, 6.45) is 2.98. The molecule has 2 aromatic carbocycles. The number of benzene rings is 2. The molecule has 2 heterocycles. The Morgan fingerprint density at radius 2 is 1.83 bits per heavy atom. The standard InChI is InChI=1S/C28H26F2N2O4/c1-5-36-22-11-8-16(13-19(22)28(2,3)4)25(33)23-24(17-7-6-12-31-15-17)32(27(35)26(23)34)18-9-10-20(29)21(30)14-18/h6-15,24,33H,5H2,1-4H3/b25-23-. The van der Waals surface area contributed by atoms with Crippen LogP contribution in [0.25, 0.3) is 5.76 Å². The second kappa shape index (κ2) is 9.53. The summed E-state index contributed by atoms with van der Waals surface area (Å²) in [5.74, 6) is -3.91. The number of aromatic nitrogens is 1. The van der Waals surface area contributed by atoms with Crippen molar-refractivity contribution in [3.8, 4) is 5.75 Å². The molecule has 3 aromatic rings. The van der Waals surface area contributed by atoms with Gasteiger partial charge in [-0.1, -0.05) is 26.8 Å². The summed E-state index contributed by atoms with van der Waals surface area (Å²) in [5.41, 5.74) is 1.00. The van der Waals surface area contributed by atoms with Crippen LogP contribution in [0.2, 0.25) is 0 Å². The van der Waals surface area contributed by atoms with E-state index in [1.807, 2.05) is 27.7 Å². The molecule has 1 atom stereocenters. The number of nitrogens with zero attached hydrogens (tertiary/aromatic N) is 2. The fourth-order valence-corrected chi connectivity index (χ4v) is 4.29. The van der Waals surface area contributed by atoms with Crippen LogP contribution in [0.15, 0.2) is 66.5 Å². The molecule has 1 amide bonds. The molecule has 1 unspecified atom stereocenters. The van der Waals surface area contributed by atoms with E-state index in [1.54, 1.807) is 30.3 Å². The van der Waals surface area contributed by atoms with Gasteiger partial charge in [-0.05, 0) is 54.3 Å². The second-order valence-electron chi connectivity index (χ2n) is 9.45. The van der Waals surface area contributed by atoms with E-state index in [-0.39, 0.29) is 22.4 Å². The lowest BCUT2D eigenvalue weighted by molar-refractivity contribution is -0.132. The molecule has 36 heavy (non-hydrogen) atoms. The van der Waals surface area contributed by atoms with Crippen LogP contribution >= 0.6 is 0 Å². The highest BCUT2D eigenvalue weighted by Crippen LogP contribution is 2.43. The first kappa shape index (κ1) is 25.0. The van der Waals surface area contributed by atoms with Crippen LogP contribution in [0, 0.1) is 11.6 Å². The van der Waals surface area contributed by atoms with Crippen molar-refractivity contribution in [2.24, 2.45) is 0 Å². The Balaban J connectivity index is 1.94. The first-order valence-electron chi connectivity index (χ1n) is 11.5. The number of hydrogen-bond donors (Lipinski definition) is 1. The van der Waals surface area contributed by atoms with Gasteiger partial charge in [0, 0.05) is 35.3 Å². The Morgan fingerprint density at radius 3 is 2.44 bits per heavy atom. The van der Waals surface area contributed by atoms with Crippen molar-refractivity contribution in [1.82, 2.24) is 4.98 Å². The highest BCUT2D eigenvalue weighted by Gasteiger charge is 2.47. The number of ketones is 1. The van der Waals surface area contributed by atoms with Gasteiger partial charge >= 0.3 is 0 Å². The number of rotatable bonds is 5. The van der Waals surface area contributed by atoms with Crippen molar-refractivity contribution in [3.05, 3.63) is 94.8 Å². The molecule has 1 aliphatic heterocycles. The van der Waals surface area contributed by atoms with Gasteiger partial charge in [0.15, 0.2) is 11.6 Å². The molecule has 1 fully saturated rings. The number of carbonyl (C=O) groups is 2. The predicted molar refractivity (Wildman–Crippen MR) is 132 cm³/mol. The van der Waals surface area contributed by atoms with Crippen LogP contribution in [0.1, 0.15) is 50.4 Å². The Kier molecular flexibility index (Phi) is 6.63. The van der Waals surface area contributed by atoms with Gasteiger partial charge in [0.2, 0.25) is 0 Å². The fourth-order valence-electron chi connectivity index (χ4n) is 4.29. The maximum Gasteiger partial charge on any atom is 0.300 e. The molecule has 4 rings (SSSR count). The third-order valence-corrected chi connectivity index (χ3v) is 5.99. The topological polar surface area (TPSA) is 79.7 Å². The molecule has 1 aromatic heterocycles. The quantitative estimate of drug-likeness (QED) is 0.282. The third-order valence-electron chi connectivity index (χ3n) is 5.99. The van der Waals surface area contributed by atoms with Crippen LogP contribution in [0.5, 0.6) is 5.75 Å². The number of ether oxygens (including phenoxy) is 1. The summed E-state index contributed by atoms with van der Waals surface area (Å²) in [4.78, 5) is 31.6. The number of anilines is 1. The molecular formula is C28H26F2N2O4. The number of hydrogen-bond acceptors (Lipinski definition) is 5. The normalized spacial score (nSPS) is 17.5.